The van der Waals surface area contributed by atoms with Crippen molar-refractivity contribution < 1.29 is 14.3 Å². The van der Waals surface area contributed by atoms with Crippen LogP contribution in [0.5, 0.6) is 0 Å². The maximum Gasteiger partial charge on any atom is 0.338 e. The Hall–Kier alpha value is -1.60. The molecule has 0 unspecified atom stereocenters. The van der Waals surface area contributed by atoms with Crippen molar-refractivity contribution in [3.05, 3.63) is 33.2 Å². The number of methoxy groups -OCH3 is 1. The van der Waals surface area contributed by atoms with Crippen molar-refractivity contribution >= 4 is 40.1 Å². The summed E-state index contributed by atoms with van der Waals surface area (Å²) in [5.74, 6) is 0.302. The van der Waals surface area contributed by atoms with Gasteiger partial charge in [-0.1, -0.05) is 11.8 Å². The Morgan fingerprint density at radius 1 is 1.45 bits per heavy atom. The number of ether oxygens (including phenoxy) is 1. The average Bonchev–Trinajstić information content (AvgIpc) is 2.91. The molecule has 1 aromatic heterocycles. The van der Waals surface area contributed by atoms with Gasteiger partial charge in [0, 0.05) is 17.1 Å². The van der Waals surface area contributed by atoms with E-state index in [-0.39, 0.29) is 5.91 Å². The zero-order chi connectivity index (χ0) is 15.9. The molecule has 3 rings (SSSR count). The monoisotopic (exact) mass is 336 g/mol. The number of amidine groups is 1. The van der Waals surface area contributed by atoms with Gasteiger partial charge in [0.25, 0.3) is 0 Å². The topological polar surface area (TPSA) is 59.0 Å². The minimum absolute atomic E-state index is 0.00389. The number of hydrogen-bond donors (Lipinski definition) is 0. The Balaban J connectivity index is 2.19. The van der Waals surface area contributed by atoms with E-state index in [0.29, 0.717) is 22.9 Å². The Morgan fingerprint density at radius 3 is 2.86 bits per heavy atom. The molecule has 0 aromatic carbocycles. The van der Waals surface area contributed by atoms with Gasteiger partial charge in [-0.3, -0.25) is 9.69 Å². The first kappa shape index (κ1) is 15.3. The van der Waals surface area contributed by atoms with E-state index in [1.165, 1.54) is 7.11 Å². The molecule has 0 bridgehead atoms. The van der Waals surface area contributed by atoms with Crippen LogP contribution in [0.3, 0.4) is 0 Å². The molecular formula is C15H16N2O3S2. The van der Waals surface area contributed by atoms with Crippen LogP contribution >= 0.6 is 23.1 Å². The summed E-state index contributed by atoms with van der Waals surface area (Å²) in [4.78, 5) is 31.9. The number of hydrogen-bond acceptors (Lipinski definition) is 6. The quantitative estimate of drug-likeness (QED) is 0.779. The number of fused-ring (bicyclic) bond motifs is 1. The highest BCUT2D eigenvalue weighted by molar-refractivity contribution is 8.14. The Morgan fingerprint density at radius 2 is 2.23 bits per heavy atom. The standard InChI is InChI=1S/C15H16N2O3S2/c1-8-4-6-21-13(8)12-11(14(19)20-3)9(2)16-15-17(12)10(18)5-7-22-15/h4,6,12H,5,7H2,1-3H3/t12-/m1/s1. The summed E-state index contributed by atoms with van der Waals surface area (Å²) in [7, 11) is 1.35. The normalized spacial score (nSPS) is 21.6. The van der Waals surface area contributed by atoms with Crippen LogP contribution in [0.15, 0.2) is 27.7 Å². The van der Waals surface area contributed by atoms with Crippen LogP contribution in [-0.4, -0.2) is 34.8 Å². The smallest absolute Gasteiger partial charge is 0.338 e. The number of rotatable bonds is 2. The Labute approximate surface area is 137 Å². The molecule has 1 atom stereocenters. The van der Waals surface area contributed by atoms with Gasteiger partial charge in [0.2, 0.25) is 5.91 Å². The van der Waals surface area contributed by atoms with E-state index in [2.05, 4.69) is 4.99 Å². The van der Waals surface area contributed by atoms with Crippen molar-refractivity contribution in [2.75, 3.05) is 12.9 Å². The van der Waals surface area contributed by atoms with E-state index >= 15 is 0 Å². The molecule has 2 aliphatic heterocycles. The van der Waals surface area contributed by atoms with Crippen LogP contribution in [0.4, 0.5) is 0 Å². The lowest BCUT2D eigenvalue weighted by atomic mass is 9.98. The molecule has 0 radical (unpaired) electrons. The van der Waals surface area contributed by atoms with Gasteiger partial charge in [-0.2, -0.15) is 0 Å². The molecule has 0 saturated carbocycles. The molecule has 0 N–H and O–H groups in total. The molecule has 22 heavy (non-hydrogen) atoms. The number of thiophene rings is 1. The van der Waals surface area contributed by atoms with E-state index in [1.54, 1.807) is 34.9 Å². The molecule has 1 fully saturated rings. The first-order valence-electron chi connectivity index (χ1n) is 6.91. The van der Waals surface area contributed by atoms with Gasteiger partial charge < -0.3 is 4.74 Å². The fraction of sp³-hybridized carbons (Fsp3) is 0.400. The minimum Gasteiger partial charge on any atom is -0.466 e. The highest BCUT2D eigenvalue weighted by Crippen LogP contribution is 2.42. The SMILES string of the molecule is COC(=O)C1=C(C)N=C2SCCC(=O)N2[C@H]1c1sccc1C. The first-order valence-corrected chi connectivity index (χ1v) is 8.77. The fourth-order valence-corrected chi connectivity index (χ4v) is 4.71. The largest absolute Gasteiger partial charge is 0.466 e. The van der Waals surface area contributed by atoms with E-state index in [9.17, 15) is 9.59 Å². The highest BCUT2D eigenvalue weighted by Gasteiger charge is 2.42. The van der Waals surface area contributed by atoms with E-state index in [1.807, 2.05) is 18.4 Å². The van der Waals surface area contributed by atoms with Gasteiger partial charge in [0.1, 0.15) is 6.04 Å². The number of aryl methyl sites for hydroxylation is 1. The van der Waals surface area contributed by atoms with Gasteiger partial charge >= 0.3 is 5.97 Å². The van der Waals surface area contributed by atoms with Crippen LogP contribution in [0.25, 0.3) is 0 Å². The van der Waals surface area contributed by atoms with Gasteiger partial charge in [-0.25, -0.2) is 9.79 Å². The number of allylic oxidation sites excluding steroid dienone is 1. The second-order valence-corrected chi connectivity index (χ2v) is 7.13. The molecule has 5 nitrogen and oxygen atoms in total. The molecule has 0 spiro atoms. The van der Waals surface area contributed by atoms with Gasteiger partial charge in [-0.05, 0) is 30.9 Å². The van der Waals surface area contributed by atoms with Crippen molar-refractivity contribution in [2.45, 2.75) is 26.3 Å². The Kier molecular flexibility index (Phi) is 4.10. The van der Waals surface area contributed by atoms with Crippen LogP contribution in [-0.2, 0) is 14.3 Å². The fourth-order valence-electron chi connectivity index (χ4n) is 2.68. The van der Waals surface area contributed by atoms with Crippen LogP contribution in [0.1, 0.15) is 29.8 Å². The zero-order valence-electron chi connectivity index (χ0n) is 12.6. The van der Waals surface area contributed by atoms with Crippen LogP contribution in [0.2, 0.25) is 0 Å². The predicted molar refractivity (Wildman–Crippen MR) is 87.9 cm³/mol. The third kappa shape index (κ3) is 2.38. The van der Waals surface area contributed by atoms with E-state index in [4.69, 9.17) is 4.74 Å². The number of esters is 1. The molecule has 7 heteroatoms. The molecule has 3 heterocycles. The van der Waals surface area contributed by atoms with Crippen molar-refractivity contribution in [2.24, 2.45) is 4.99 Å². The molecule has 0 aliphatic carbocycles. The molecule has 2 aliphatic rings. The summed E-state index contributed by atoms with van der Waals surface area (Å²) >= 11 is 3.10. The number of nitrogens with zero attached hydrogens (tertiary/aromatic N) is 2. The van der Waals surface area contributed by atoms with Crippen molar-refractivity contribution in [1.29, 1.82) is 0 Å². The minimum atomic E-state index is -0.430. The summed E-state index contributed by atoms with van der Waals surface area (Å²) in [6.45, 7) is 3.79. The third-order valence-electron chi connectivity index (χ3n) is 3.76. The van der Waals surface area contributed by atoms with Crippen LogP contribution in [0, 0.1) is 6.92 Å². The van der Waals surface area contributed by atoms with Gasteiger partial charge in [-0.15, -0.1) is 11.3 Å². The van der Waals surface area contributed by atoms with Gasteiger partial charge in [0.15, 0.2) is 5.17 Å². The molecule has 1 aromatic rings. The summed E-state index contributed by atoms with van der Waals surface area (Å²) in [6.07, 6.45) is 0.456. The number of aliphatic imine (C=N–C) groups is 1. The maximum atomic E-state index is 12.5. The maximum absolute atomic E-state index is 12.5. The summed E-state index contributed by atoms with van der Waals surface area (Å²) in [6, 6.07) is 1.57. The summed E-state index contributed by atoms with van der Waals surface area (Å²) in [5.41, 5.74) is 2.14. The van der Waals surface area contributed by atoms with Crippen molar-refractivity contribution in [3.63, 3.8) is 0 Å². The highest BCUT2D eigenvalue weighted by atomic mass is 32.2. The Bertz CT molecular complexity index is 705. The summed E-state index contributed by atoms with van der Waals surface area (Å²) in [5, 5.41) is 2.65. The third-order valence-corrected chi connectivity index (χ3v) is 5.79. The lowest BCUT2D eigenvalue weighted by molar-refractivity contribution is -0.137. The molecule has 116 valence electrons. The number of carbonyl (C=O) groups is 2. The van der Waals surface area contributed by atoms with Crippen LogP contribution < -0.4 is 0 Å². The van der Waals surface area contributed by atoms with E-state index < -0.39 is 12.0 Å². The predicted octanol–water partition coefficient (Wildman–Crippen LogP) is 2.88. The zero-order valence-corrected chi connectivity index (χ0v) is 14.2. The van der Waals surface area contributed by atoms with Gasteiger partial charge in [0.05, 0.1) is 18.4 Å². The van der Waals surface area contributed by atoms with Crippen molar-refractivity contribution in [3.8, 4) is 0 Å². The second-order valence-electron chi connectivity index (χ2n) is 5.12. The molecule has 1 amide bonds. The average molecular weight is 336 g/mol. The van der Waals surface area contributed by atoms with Crippen molar-refractivity contribution in [1.82, 2.24) is 4.90 Å². The summed E-state index contributed by atoms with van der Waals surface area (Å²) < 4.78 is 4.94. The number of carbonyl (C=O) groups excluding carboxylic acids is 2. The number of amides is 1. The lowest BCUT2D eigenvalue weighted by Gasteiger charge is -2.38. The lowest BCUT2D eigenvalue weighted by Crippen LogP contribution is -2.45. The molecular weight excluding hydrogens is 320 g/mol. The van der Waals surface area contributed by atoms with E-state index in [0.717, 1.165) is 16.2 Å². The number of thioether (sulfide) groups is 1. The second kappa shape index (κ2) is 5.89. The first-order chi connectivity index (χ1) is 10.5. The molecule has 1 saturated heterocycles.